The van der Waals surface area contributed by atoms with Crippen molar-refractivity contribution in [2.75, 3.05) is 13.1 Å². The third-order valence-corrected chi connectivity index (χ3v) is 3.47. The lowest BCUT2D eigenvalue weighted by Gasteiger charge is -2.30. The molecule has 1 atom stereocenters. The molecule has 6 heteroatoms. The number of hydrogen-bond donors (Lipinski definition) is 0. The maximum absolute atomic E-state index is 12.0. The SMILES string of the molecule is [N-]=[N+]=CC(=O)C1CCCN(C(=O)OCc2ccccc2)C1. The smallest absolute Gasteiger partial charge is 0.410 e. The molecule has 0 spiro atoms. The molecule has 1 aliphatic heterocycles. The number of carbonyl (C=O) groups is 2. The summed E-state index contributed by atoms with van der Waals surface area (Å²) in [4.78, 5) is 27.9. The van der Waals surface area contributed by atoms with Gasteiger partial charge in [-0.2, -0.15) is 4.79 Å². The van der Waals surface area contributed by atoms with E-state index in [1.165, 1.54) is 4.90 Å². The number of ketones is 1. The summed E-state index contributed by atoms with van der Waals surface area (Å²) in [6, 6.07) is 9.43. The van der Waals surface area contributed by atoms with Crippen LogP contribution in [0.25, 0.3) is 5.53 Å². The van der Waals surface area contributed by atoms with Crippen LogP contribution in [0.5, 0.6) is 0 Å². The number of benzene rings is 1. The quantitative estimate of drug-likeness (QED) is 0.481. The average molecular weight is 287 g/mol. The molecular formula is C15H17N3O3. The number of carbonyl (C=O) groups excluding carboxylic acids is 2. The summed E-state index contributed by atoms with van der Waals surface area (Å²) in [6.45, 7) is 1.10. The van der Waals surface area contributed by atoms with Crippen molar-refractivity contribution >= 4 is 18.1 Å². The molecule has 110 valence electrons. The van der Waals surface area contributed by atoms with Crippen LogP contribution in [0.15, 0.2) is 30.3 Å². The first-order chi connectivity index (χ1) is 10.2. The first kappa shape index (κ1) is 14.9. The summed E-state index contributed by atoms with van der Waals surface area (Å²) in [5, 5.41) is 0. The van der Waals surface area contributed by atoms with Gasteiger partial charge in [0.1, 0.15) is 6.61 Å². The molecule has 0 saturated carbocycles. The predicted molar refractivity (Wildman–Crippen MR) is 75.6 cm³/mol. The third-order valence-electron chi connectivity index (χ3n) is 3.47. The Morgan fingerprint density at radius 3 is 2.86 bits per heavy atom. The standard InChI is InChI=1S/C15H17N3O3/c16-17-9-14(19)13-7-4-8-18(10-13)15(20)21-11-12-5-2-1-3-6-12/h1-3,5-6,9,13H,4,7-8,10-11H2. The lowest BCUT2D eigenvalue weighted by atomic mass is 9.94. The van der Waals surface area contributed by atoms with Gasteiger partial charge in [0.25, 0.3) is 0 Å². The van der Waals surface area contributed by atoms with E-state index >= 15 is 0 Å². The van der Waals surface area contributed by atoms with Gasteiger partial charge in [0.15, 0.2) is 0 Å². The lowest BCUT2D eigenvalue weighted by Crippen LogP contribution is -2.42. The molecule has 1 heterocycles. The summed E-state index contributed by atoms with van der Waals surface area (Å²) >= 11 is 0. The Balaban J connectivity index is 1.87. The molecule has 0 bridgehead atoms. The van der Waals surface area contributed by atoms with Crippen molar-refractivity contribution in [2.45, 2.75) is 19.4 Å². The molecule has 2 rings (SSSR count). The molecule has 1 saturated heterocycles. The molecule has 1 aromatic rings. The Bertz CT molecular complexity index is 553. The minimum absolute atomic E-state index is 0.215. The number of likely N-dealkylation sites (tertiary alicyclic amines) is 1. The summed E-state index contributed by atoms with van der Waals surface area (Å²) < 4.78 is 5.25. The third kappa shape index (κ3) is 4.26. The zero-order chi connectivity index (χ0) is 15.1. The molecule has 1 fully saturated rings. The Morgan fingerprint density at radius 1 is 1.38 bits per heavy atom. The molecule has 6 nitrogen and oxygen atoms in total. The monoisotopic (exact) mass is 287 g/mol. The van der Waals surface area contributed by atoms with Crippen LogP contribution < -0.4 is 0 Å². The molecule has 0 radical (unpaired) electrons. The van der Waals surface area contributed by atoms with Crippen molar-refractivity contribution in [2.24, 2.45) is 5.92 Å². The van der Waals surface area contributed by atoms with Crippen molar-refractivity contribution in [1.82, 2.24) is 4.90 Å². The van der Waals surface area contributed by atoms with Crippen LogP contribution in [0.2, 0.25) is 0 Å². The highest BCUT2D eigenvalue weighted by atomic mass is 16.6. The lowest BCUT2D eigenvalue weighted by molar-refractivity contribution is -0.120. The van der Waals surface area contributed by atoms with Gasteiger partial charge in [-0.1, -0.05) is 30.3 Å². The normalized spacial score (nSPS) is 17.7. The highest BCUT2D eigenvalue weighted by Gasteiger charge is 2.29. The number of amides is 1. The van der Waals surface area contributed by atoms with Gasteiger partial charge in [-0.15, -0.1) is 0 Å². The minimum Gasteiger partial charge on any atom is -0.445 e. The second-order valence-electron chi connectivity index (χ2n) is 4.97. The predicted octanol–water partition coefficient (Wildman–Crippen LogP) is 1.90. The number of ether oxygens (including phenoxy) is 1. The van der Waals surface area contributed by atoms with Crippen LogP contribution in [0.4, 0.5) is 4.79 Å². The first-order valence-corrected chi connectivity index (χ1v) is 6.87. The summed E-state index contributed by atoms with van der Waals surface area (Å²) in [5.74, 6) is -0.586. The van der Waals surface area contributed by atoms with Gasteiger partial charge in [-0.05, 0) is 18.4 Å². The Kier molecular flexibility index (Phi) is 5.23. The number of piperidine rings is 1. The maximum Gasteiger partial charge on any atom is 0.410 e. The fourth-order valence-corrected chi connectivity index (χ4v) is 2.35. The molecule has 0 N–H and O–H groups in total. The number of hydrogen-bond acceptors (Lipinski definition) is 3. The van der Waals surface area contributed by atoms with Crippen LogP contribution in [-0.4, -0.2) is 40.9 Å². The highest BCUT2D eigenvalue weighted by Crippen LogP contribution is 2.18. The van der Waals surface area contributed by atoms with Crippen molar-refractivity contribution in [1.29, 1.82) is 0 Å². The highest BCUT2D eigenvalue weighted by molar-refractivity contribution is 6.26. The largest absolute Gasteiger partial charge is 0.445 e. The van der Waals surface area contributed by atoms with Gasteiger partial charge in [-0.25, -0.2) is 4.79 Å². The summed E-state index contributed by atoms with van der Waals surface area (Å²) in [5.41, 5.74) is 9.32. The molecule has 1 aromatic carbocycles. The van der Waals surface area contributed by atoms with E-state index < -0.39 is 6.09 Å². The first-order valence-electron chi connectivity index (χ1n) is 6.87. The molecule has 1 amide bonds. The molecule has 1 aliphatic rings. The summed E-state index contributed by atoms with van der Waals surface area (Å²) in [6.07, 6.45) is 1.89. The average Bonchev–Trinajstić information content (AvgIpc) is 2.54. The zero-order valence-corrected chi connectivity index (χ0v) is 11.6. The van der Waals surface area contributed by atoms with Gasteiger partial charge < -0.3 is 15.2 Å². The molecule has 0 aliphatic carbocycles. The van der Waals surface area contributed by atoms with Crippen LogP contribution in [-0.2, 0) is 16.1 Å². The van der Waals surface area contributed by atoms with E-state index in [4.69, 9.17) is 10.3 Å². The Morgan fingerprint density at radius 2 is 2.14 bits per heavy atom. The summed E-state index contributed by atoms with van der Waals surface area (Å²) in [7, 11) is 0. The number of rotatable bonds is 4. The topological polar surface area (TPSA) is 83.0 Å². The maximum atomic E-state index is 12.0. The van der Waals surface area contributed by atoms with E-state index in [2.05, 4.69) is 4.79 Å². The minimum atomic E-state index is -0.419. The second-order valence-corrected chi connectivity index (χ2v) is 4.97. The van der Waals surface area contributed by atoms with E-state index in [1.807, 2.05) is 30.3 Å². The second kappa shape index (κ2) is 7.36. The van der Waals surface area contributed by atoms with Gasteiger partial charge in [0, 0.05) is 19.0 Å². The van der Waals surface area contributed by atoms with Gasteiger partial charge in [0.05, 0.1) is 0 Å². The van der Waals surface area contributed by atoms with Gasteiger partial charge in [0.2, 0.25) is 5.78 Å². The Hall–Kier alpha value is -2.46. The van der Waals surface area contributed by atoms with Crippen LogP contribution in [0.1, 0.15) is 18.4 Å². The van der Waals surface area contributed by atoms with Gasteiger partial charge in [-0.3, -0.25) is 4.79 Å². The molecule has 0 aromatic heterocycles. The van der Waals surface area contributed by atoms with Crippen LogP contribution in [0.3, 0.4) is 0 Å². The van der Waals surface area contributed by atoms with E-state index in [0.29, 0.717) is 19.5 Å². The zero-order valence-electron chi connectivity index (χ0n) is 11.6. The van der Waals surface area contributed by atoms with Gasteiger partial charge >= 0.3 is 12.3 Å². The van der Waals surface area contributed by atoms with Crippen molar-refractivity contribution in [3.05, 3.63) is 41.4 Å². The van der Waals surface area contributed by atoms with E-state index in [9.17, 15) is 9.59 Å². The molecule has 1 unspecified atom stereocenters. The van der Waals surface area contributed by atoms with Crippen LogP contribution >= 0.6 is 0 Å². The number of nitrogens with zero attached hydrogens (tertiary/aromatic N) is 3. The molecule has 21 heavy (non-hydrogen) atoms. The van der Waals surface area contributed by atoms with Crippen molar-refractivity contribution in [3.63, 3.8) is 0 Å². The van der Waals surface area contributed by atoms with E-state index in [-0.39, 0.29) is 18.3 Å². The fourth-order valence-electron chi connectivity index (χ4n) is 2.35. The number of Topliss-reactive ketones (excluding diaryl/α,β-unsaturated/α-hetero) is 1. The van der Waals surface area contributed by atoms with E-state index in [0.717, 1.165) is 18.2 Å². The van der Waals surface area contributed by atoms with Crippen molar-refractivity contribution in [3.8, 4) is 0 Å². The van der Waals surface area contributed by atoms with Crippen LogP contribution in [0, 0.1) is 5.92 Å². The van der Waals surface area contributed by atoms with E-state index in [1.54, 1.807) is 0 Å². The fraction of sp³-hybridized carbons (Fsp3) is 0.400. The molecular weight excluding hydrogens is 270 g/mol. The Labute approximate surface area is 122 Å². The van der Waals surface area contributed by atoms with Crippen molar-refractivity contribution < 1.29 is 19.1 Å².